The number of rotatable bonds is 5. The quantitative estimate of drug-likeness (QED) is 0.759. The Bertz CT molecular complexity index is 898. The molecule has 1 aromatic carbocycles. The molecular formula is C19H22N2O5. The summed E-state index contributed by atoms with van der Waals surface area (Å²) >= 11 is 0. The Labute approximate surface area is 150 Å². The first-order valence-electron chi connectivity index (χ1n) is 8.62. The molecule has 2 aromatic rings. The van der Waals surface area contributed by atoms with Crippen LogP contribution in [0, 0.1) is 0 Å². The van der Waals surface area contributed by atoms with Gasteiger partial charge >= 0.3 is 5.97 Å². The molecule has 0 amide bonds. The molecule has 0 bridgehead atoms. The number of methoxy groups -OCH3 is 1. The third kappa shape index (κ3) is 3.00. The fraction of sp³-hybridized carbons (Fsp3) is 0.368. The lowest BCUT2D eigenvalue weighted by atomic mass is 10.00. The number of aromatic hydroxyl groups is 1. The number of ether oxygens (including phenoxy) is 1. The summed E-state index contributed by atoms with van der Waals surface area (Å²) in [6.45, 7) is 3.74. The Morgan fingerprint density at radius 3 is 2.58 bits per heavy atom. The van der Waals surface area contributed by atoms with E-state index in [4.69, 9.17) is 9.84 Å². The van der Waals surface area contributed by atoms with Crippen molar-refractivity contribution < 1.29 is 19.7 Å². The molecule has 0 saturated carbocycles. The third-order valence-electron chi connectivity index (χ3n) is 4.77. The van der Waals surface area contributed by atoms with Crippen molar-refractivity contribution in [1.82, 2.24) is 4.98 Å². The number of aromatic amines is 1. The molecule has 7 nitrogen and oxygen atoms in total. The van der Waals surface area contributed by atoms with Crippen molar-refractivity contribution in [3.05, 3.63) is 39.7 Å². The summed E-state index contributed by atoms with van der Waals surface area (Å²) in [6, 6.07) is 5.58. The Morgan fingerprint density at radius 1 is 1.31 bits per heavy atom. The van der Waals surface area contributed by atoms with Gasteiger partial charge in [0.25, 0.3) is 5.56 Å². The SMILES string of the molecule is CCc1c(-c2ccc(N3CCCC3)c(OC)c2)[nH]c(=O)c(C(=O)O)c1O. The maximum Gasteiger partial charge on any atom is 0.345 e. The standard InChI is InChI=1S/C19H22N2O5/c1-3-12-16(20-18(23)15(17(12)22)19(24)25)11-6-7-13(14(10-11)26-2)21-8-4-5-9-21/h6-7,10H,3-5,8-9H2,1-2H3,(H,24,25)(H2,20,22,23). The van der Waals surface area contributed by atoms with Gasteiger partial charge in [-0.2, -0.15) is 0 Å². The topological polar surface area (TPSA) is 103 Å². The summed E-state index contributed by atoms with van der Waals surface area (Å²) < 4.78 is 5.53. The number of H-pyrrole nitrogens is 1. The second kappa shape index (κ2) is 7.11. The highest BCUT2D eigenvalue weighted by molar-refractivity contribution is 5.92. The number of carboxylic acid groups (broad SMARTS) is 1. The monoisotopic (exact) mass is 358 g/mol. The van der Waals surface area contributed by atoms with E-state index in [0.717, 1.165) is 31.6 Å². The van der Waals surface area contributed by atoms with E-state index < -0.39 is 22.8 Å². The molecule has 3 rings (SSSR count). The molecule has 1 aliphatic heterocycles. The van der Waals surface area contributed by atoms with Gasteiger partial charge in [-0.25, -0.2) is 4.79 Å². The smallest absolute Gasteiger partial charge is 0.345 e. The maximum atomic E-state index is 12.1. The summed E-state index contributed by atoms with van der Waals surface area (Å²) in [7, 11) is 1.59. The van der Waals surface area contributed by atoms with Crippen LogP contribution in [-0.4, -0.2) is 41.4 Å². The van der Waals surface area contributed by atoms with E-state index in [1.54, 1.807) is 20.1 Å². The van der Waals surface area contributed by atoms with Crippen LogP contribution in [0.4, 0.5) is 5.69 Å². The highest BCUT2D eigenvalue weighted by Gasteiger charge is 2.23. The largest absolute Gasteiger partial charge is 0.506 e. The minimum absolute atomic E-state index is 0.369. The van der Waals surface area contributed by atoms with Crippen LogP contribution in [-0.2, 0) is 6.42 Å². The number of aromatic carboxylic acids is 1. The lowest BCUT2D eigenvalue weighted by Crippen LogP contribution is -2.20. The molecule has 2 heterocycles. The highest BCUT2D eigenvalue weighted by Crippen LogP contribution is 2.37. The van der Waals surface area contributed by atoms with Gasteiger partial charge in [0.15, 0.2) is 5.56 Å². The molecule has 26 heavy (non-hydrogen) atoms. The normalized spacial score (nSPS) is 13.8. The Morgan fingerprint density at radius 2 is 2.00 bits per heavy atom. The van der Waals surface area contributed by atoms with E-state index >= 15 is 0 Å². The average molecular weight is 358 g/mol. The molecule has 7 heteroatoms. The van der Waals surface area contributed by atoms with Gasteiger partial charge < -0.3 is 24.8 Å². The van der Waals surface area contributed by atoms with Gasteiger partial charge in [-0.1, -0.05) is 13.0 Å². The van der Waals surface area contributed by atoms with Crippen LogP contribution >= 0.6 is 0 Å². The van der Waals surface area contributed by atoms with E-state index in [-0.39, 0.29) is 0 Å². The molecule has 1 aromatic heterocycles. The molecule has 1 saturated heterocycles. The van der Waals surface area contributed by atoms with Crippen LogP contribution < -0.4 is 15.2 Å². The van der Waals surface area contributed by atoms with Gasteiger partial charge in [0.05, 0.1) is 18.5 Å². The molecule has 1 aliphatic rings. The lowest BCUT2D eigenvalue weighted by Gasteiger charge is -2.21. The summed E-state index contributed by atoms with van der Waals surface area (Å²) in [6.07, 6.45) is 2.65. The average Bonchev–Trinajstić information content (AvgIpc) is 3.14. The van der Waals surface area contributed by atoms with Crippen molar-refractivity contribution in [3.63, 3.8) is 0 Å². The van der Waals surface area contributed by atoms with Crippen molar-refractivity contribution in [2.75, 3.05) is 25.1 Å². The first kappa shape index (κ1) is 17.8. The zero-order valence-corrected chi connectivity index (χ0v) is 14.8. The van der Waals surface area contributed by atoms with Crippen molar-refractivity contribution in [2.45, 2.75) is 26.2 Å². The van der Waals surface area contributed by atoms with E-state index in [1.165, 1.54) is 0 Å². The summed E-state index contributed by atoms with van der Waals surface area (Å²) in [5, 5.41) is 19.5. The van der Waals surface area contributed by atoms with Gasteiger partial charge in [0, 0.05) is 24.2 Å². The Hall–Kier alpha value is -2.96. The van der Waals surface area contributed by atoms with Gasteiger partial charge in [-0.3, -0.25) is 4.79 Å². The molecular weight excluding hydrogens is 336 g/mol. The zero-order chi connectivity index (χ0) is 18.8. The molecule has 0 radical (unpaired) electrons. The number of aromatic nitrogens is 1. The molecule has 0 aliphatic carbocycles. The molecule has 0 atom stereocenters. The van der Waals surface area contributed by atoms with Crippen LogP contribution in [0.1, 0.15) is 35.7 Å². The maximum absolute atomic E-state index is 12.1. The number of nitrogens with one attached hydrogen (secondary N) is 1. The van der Waals surface area contributed by atoms with Gasteiger partial charge in [-0.05, 0) is 31.4 Å². The van der Waals surface area contributed by atoms with Crippen LogP contribution in [0.5, 0.6) is 11.5 Å². The molecule has 3 N–H and O–H groups in total. The summed E-state index contributed by atoms with van der Waals surface area (Å²) in [5.41, 5.74) is 0.979. The van der Waals surface area contributed by atoms with E-state index in [2.05, 4.69) is 9.88 Å². The molecule has 0 unspecified atom stereocenters. The number of nitrogens with zero attached hydrogens (tertiary/aromatic N) is 1. The summed E-state index contributed by atoms with van der Waals surface area (Å²) in [4.78, 5) is 28.2. The van der Waals surface area contributed by atoms with Crippen LogP contribution in [0.25, 0.3) is 11.3 Å². The second-order valence-electron chi connectivity index (χ2n) is 6.27. The van der Waals surface area contributed by atoms with Crippen molar-refractivity contribution in [3.8, 4) is 22.8 Å². The highest BCUT2D eigenvalue weighted by atomic mass is 16.5. The first-order valence-corrected chi connectivity index (χ1v) is 8.62. The fourth-order valence-corrected chi connectivity index (χ4v) is 3.47. The van der Waals surface area contributed by atoms with Crippen LogP contribution in [0.3, 0.4) is 0 Å². The predicted molar refractivity (Wildman–Crippen MR) is 98.5 cm³/mol. The second-order valence-corrected chi connectivity index (χ2v) is 6.27. The van der Waals surface area contributed by atoms with E-state index in [0.29, 0.717) is 29.0 Å². The molecule has 0 spiro atoms. The minimum Gasteiger partial charge on any atom is -0.506 e. The van der Waals surface area contributed by atoms with Gasteiger partial charge in [-0.15, -0.1) is 0 Å². The van der Waals surface area contributed by atoms with Crippen molar-refractivity contribution in [2.24, 2.45) is 0 Å². The third-order valence-corrected chi connectivity index (χ3v) is 4.77. The minimum atomic E-state index is -1.45. The number of pyridine rings is 1. The number of hydrogen-bond donors (Lipinski definition) is 3. The summed E-state index contributed by atoms with van der Waals surface area (Å²) in [5.74, 6) is -1.26. The number of benzene rings is 1. The number of hydrogen-bond acceptors (Lipinski definition) is 5. The zero-order valence-electron chi connectivity index (χ0n) is 14.8. The van der Waals surface area contributed by atoms with Crippen LogP contribution in [0.2, 0.25) is 0 Å². The molecule has 1 fully saturated rings. The fourth-order valence-electron chi connectivity index (χ4n) is 3.47. The van der Waals surface area contributed by atoms with Gasteiger partial charge in [0.2, 0.25) is 0 Å². The Balaban J connectivity index is 2.14. The van der Waals surface area contributed by atoms with Crippen molar-refractivity contribution in [1.29, 1.82) is 0 Å². The predicted octanol–water partition coefficient (Wildman–Crippen LogP) is 2.62. The van der Waals surface area contributed by atoms with Crippen molar-refractivity contribution >= 4 is 11.7 Å². The van der Waals surface area contributed by atoms with Gasteiger partial charge in [0.1, 0.15) is 11.5 Å². The first-order chi connectivity index (χ1) is 12.5. The number of carbonyl (C=O) groups is 1. The van der Waals surface area contributed by atoms with E-state index in [9.17, 15) is 14.7 Å². The Kier molecular flexibility index (Phi) is 4.88. The number of carboxylic acids is 1. The number of anilines is 1. The van der Waals surface area contributed by atoms with Crippen LogP contribution in [0.15, 0.2) is 23.0 Å². The van der Waals surface area contributed by atoms with E-state index in [1.807, 2.05) is 12.1 Å². The molecule has 138 valence electrons. The lowest BCUT2D eigenvalue weighted by molar-refractivity contribution is 0.0691.